The van der Waals surface area contributed by atoms with E-state index in [1.165, 1.54) is 19.5 Å². The summed E-state index contributed by atoms with van der Waals surface area (Å²) in [6, 6.07) is 0. The lowest BCUT2D eigenvalue weighted by atomic mass is 9.80. The predicted molar refractivity (Wildman–Crippen MR) is 55.9 cm³/mol. The number of nitrogens with zero attached hydrogens (tertiary/aromatic N) is 1. The van der Waals surface area contributed by atoms with Crippen molar-refractivity contribution in [2.24, 2.45) is 11.3 Å². The van der Waals surface area contributed by atoms with Crippen molar-refractivity contribution >= 4 is 0 Å². The third-order valence-corrected chi connectivity index (χ3v) is 3.11. The molecule has 0 aromatic rings. The van der Waals surface area contributed by atoms with Crippen molar-refractivity contribution in [2.45, 2.75) is 27.2 Å². The summed E-state index contributed by atoms with van der Waals surface area (Å²) in [6.45, 7) is 11.5. The summed E-state index contributed by atoms with van der Waals surface area (Å²) in [5.41, 5.74) is 0.474. The third kappa shape index (κ3) is 3.28. The maximum Gasteiger partial charge on any atom is 0.0589 e. The van der Waals surface area contributed by atoms with Crippen LogP contribution in [0.1, 0.15) is 27.2 Å². The van der Waals surface area contributed by atoms with Crippen LogP contribution in [0.3, 0.4) is 0 Å². The molecule has 0 saturated carbocycles. The van der Waals surface area contributed by atoms with Crippen LogP contribution in [-0.2, 0) is 4.74 Å². The zero-order chi connectivity index (χ0) is 9.90. The van der Waals surface area contributed by atoms with E-state index < -0.39 is 0 Å². The van der Waals surface area contributed by atoms with Gasteiger partial charge in [-0.3, -0.25) is 0 Å². The van der Waals surface area contributed by atoms with Gasteiger partial charge in [-0.15, -0.1) is 0 Å². The van der Waals surface area contributed by atoms with Crippen molar-refractivity contribution in [1.29, 1.82) is 0 Å². The van der Waals surface area contributed by atoms with Crippen molar-refractivity contribution in [1.82, 2.24) is 4.90 Å². The molecule has 1 rings (SSSR count). The van der Waals surface area contributed by atoms with Gasteiger partial charge in [-0.1, -0.05) is 20.8 Å². The molecule has 0 aliphatic carbocycles. The highest BCUT2D eigenvalue weighted by Crippen LogP contribution is 2.33. The summed E-state index contributed by atoms with van der Waals surface area (Å²) in [5.74, 6) is 0.865. The summed E-state index contributed by atoms with van der Waals surface area (Å²) < 4.78 is 5.08. The van der Waals surface area contributed by atoms with Crippen molar-refractivity contribution in [3.8, 4) is 0 Å². The van der Waals surface area contributed by atoms with E-state index in [1.54, 1.807) is 7.11 Å². The lowest BCUT2D eigenvalue weighted by molar-refractivity contribution is 0.152. The Hall–Kier alpha value is -0.0800. The SMILES string of the molecule is COCCN1CCC(C(C)(C)C)C1. The summed E-state index contributed by atoms with van der Waals surface area (Å²) in [6.07, 6.45) is 1.35. The van der Waals surface area contributed by atoms with Gasteiger partial charge in [0.25, 0.3) is 0 Å². The topological polar surface area (TPSA) is 12.5 Å². The lowest BCUT2D eigenvalue weighted by Gasteiger charge is -2.27. The molecule has 1 saturated heterocycles. The van der Waals surface area contributed by atoms with Gasteiger partial charge in [0.05, 0.1) is 6.61 Å². The van der Waals surface area contributed by atoms with Gasteiger partial charge in [-0.2, -0.15) is 0 Å². The molecule has 2 nitrogen and oxygen atoms in total. The van der Waals surface area contributed by atoms with Crippen molar-refractivity contribution in [3.63, 3.8) is 0 Å². The molecule has 0 bridgehead atoms. The molecule has 1 fully saturated rings. The van der Waals surface area contributed by atoms with E-state index in [2.05, 4.69) is 25.7 Å². The molecule has 0 amide bonds. The molecule has 13 heavy (non-hydrogen) atoms. The monoisotopic (exact) mass is 185 g/mol. The lowest BCUT2D eigenvalue weighted by Crippen LogP contribution is -2.28. The highest BCUT2D eigenvalue weighted by molar-refractivity contribution is 4.83. The Morgan fingerprint density at radius 2 is 2.08 bits per heavy atom. The molecule has 1 heterocycles. The number of likely N-dealkylation sites (tertiary alicyclic amines) is 1. The second-order valence-electron chi connectivity index (χ2n) is 5.15. The van der Waals surface area contributed by atoms with Crippen LogP contribution in [-0.4, -0.2) is 38.3 Å². The van der Waals surface area contributed by atoms with E-state index in [0.29, 0.717) is 5.41 Å². The van der Waals surface area contributed by atoms with Gasteiger partial charge >= 0.3 is 0 Å². The molecule has 1 aliphatic heterocycles. The smallest absolute Gasteiger partial charge is 0.0589 e. The molecule has 2 heteroatoms. The second-order valence-corrected chi connectivity index (χ2v) is 5.15. The van der Waals surface area contributed by atoms with E-state index in [4.69, 9.17) is 4.74 Å². The van der Waals surface area contributed by atoms with Crippen molar-refractivity contribution in [3.05, 3.63) is 0 Å². The number of hydrogen-bond donors (Lipinski definition) is 0. The van der Waals surface area contributed by atoms with Crippen LogP contribution < -0.4 is 0 Å². The van der Waals surface area contributed by atoms with Crippen molar-refractivity contribution < 1.29 is 4.74 Å². The molecule has 1 unspecified atom stereocenters. The Balaban J connectivity index is 2.28. The highest BCUT2D eigenvalue weighted by atomic mass is 16.5. The molecule has 78 valence electrons. The molecular weight excluding hydrogens is 162 g/mol. The number of methoxy groups -OCH3 is 1. The highest BCUT2D eigenvalue weighted by Gasteiger charge is 2.31. The Bertz CT molecular complexity index is 151. The Kier molecular flexibility index (Phi) is 3.74. The first kappa shape index (κ1) is 11.0. The summed E-state index contributed by atoms with van der Waals surface area (Å²) in [7, 11) is 1.78. The maximum atomic E-state index is 5.08. The van der Waals surface area contributed by atoms with E-state index in [9.17, 15) is 0 Å². The predicted octanol–water partition coefficient (Wildman–Crippen LogP) is 2.00. The fourth-order valence-corrected chi connectivity index (χ4v) is 1.96. The largest absolute Gasteiger partial charge is 0.383 e. The van der Waals surface area contributed by atoms with Crippen LogP contribution in [0.15, 0.2) is 0 Å². The van der Waals surface area contributed by atoms with E-state index >= 15 is 0 Å². The van der Waals surface area contributed by atoms with Crippen LogP contribution in [0.5, 0.6) is 0 Å². The number of rotatable bonds is 3. The molecule has 0 radical (unpaired) electrons. The molecule has 1 aliphatic rings. The van der Waals surface area contributed by atoms with Gasteiger partial charge in [0.2, 0.25) is 0 Å². The summed E-state index contributed by atoms with van der Waals surface area (Å²) >= 11 is 0. The van der Waals surface area contributed by atoms with E-state index in [-0.39, 0.29) is 0 Å². The standard InChI is InChI=1S/C11H23NO/c1-11(2,3)10-5-6-12(9-10)7-8-13-4/h10H,5-9H2,1-4H3. The first-order valence-corrected chi connectivity index (χ1v) is 5.25. The zero-order valence-corrected chi connectivity index (χ0v) is 9.47. The Morgan fingerprint density at radius 3 is 2.54 bits per heavy atom. The molecule has 0 aromatic carbocycles. The molecule has 1 atom stereocenters. The van der Waals surface area contributed by atoms with Gasteiger partial charge < -0.3 is 9.64 Å². The van der Waals surface area contributed by atoms with Crippen LogP contribution in [0, 0.1) is 11.3 Å². The minimum Gasteiger partial charge on any atom is -0.383 e. The average Bonchev–Trinajstić information content (AvgIpc) is 2.47. The van der Waals surface area contributed by atoms with Gasteiger partial charge in [0.15, 0.2) is 0 Å². The molecule has 0 spiro atoms. The van der Waals surface area contributed by atoms with Crippen LogP contribution in [0.4, 0.5) is 0 Å². The van der Waals surface area contributed by atoms with E-state index in [1.807, 2.05) is 0 Å². The van der Waals surface area contributed by atoms with Gasteiger partial charge in [-0.05, 0) is 24.3 Å². The minimum atomic E-state index is 0.474. The van der Waals surface area contributed by atoms with Gasteiger partial charge in [0.1, 0.15) is 0 Å². The minimum absolute atomic E-state index is 0.474. The summed E-state index contributed by atoms with van der Waals surface area (Å²) in [5, 5.41) is 0. The number of hydrogen-bond acceptors (Lipinski definition) is 2. The fraction of sp³-hybridized carbons (Fsp3) is 1.00. The van der Waals surface area contributed by atoms with Crippen LogP contribution >= 0.6 is 0 Å². The van der Waals surface area contributed by atoms with Crippen LogP contribution in [0.25, 0.3) is 0 Å². The normalized spacial score (nSPS) is 25.4. The zero-order valence-electron chi connectivity index (χ0n) is 9.47. The second kappa shape index (κ2) is 4.43. The maximum absolute atomic E-state index is 5.08. The molecule has 0 aromatic heterocycles. The van der Waals surface area contributed by atoms with Crippen LogP contribution in [0.2, 0.25) is 0 Å². The van der Waals surface area contributed by atoms with Crippen molar-refractivity contribution in [2.75, 3.05) is 33.4 Å². The third-order valence-electron chi connectivity index (χ3n) is 3.11. The number of ether oxygens (including phenoxy) is 1. The Labute approximate surface area is 82.3 Å². The Morgan fingerprint density at radius 1 is 1.38 bits per heavy atom. The average molecular weight is 185 g/mol. The van der Waals surface area contributed by atoms with Gasteiger partial charge in [-0.25, -0.2) is 0 Å². The quantitative estimate of drug-likeness (QED) is 0.667. The molecule has 0 N–H and O–H groups in total. The van der Waals surface area contributed by atoms with Gasteiger partial charge in [0, 0.05) is 20.2 Å². The first-order valence-electron chi connectivity index (χ1n) is 5.25. The van der Waals surface area contributed by atoms with E-state index in [0.717, 1.165) is 19.1 Å². The molecular formula is C11H23NO. The first-order chi connectivity index (χ1) is 6.04. The summed E-state index contributed by atoms with van der Waals surface area (Å²) in [4.78, 5) is 2.51. The fourth-order valence-electron chi connectivity index (χ4n) is 1.96.